The normalized spacial score (nSPS) is 10.9. The molecule has 1 aromatic heterocycles. The lowest BCUT2D eigenvalue weighted by molar-refractivity contribution is 0.0686. The summed E-state index contributed by atoms with van der Waals surface area (Å²) in [6.07, 6.45) is 0. The van der Waals surface area contributed by atoms with E-state index in [0.717, 1.165) is 4.57 Å². The lowest BCUT2D eigenvalue weighted by Crippen LogP contribution is -2.24. The van der Waals surface area contributed by atoms with Gasteiger partial charge in [0.05, 0.1) is 0 Å². The van der Waals surface area contributed by atoms with E-state index in [0.29, 0.717) is 26.9 Å². The summed E-state index contributed by atoms with van der Waals surface area (Å²) in [7, 11) is 1.40. The van der Waals surface area contributed by atoms with Crippen LogP contribution in [0.15, 0.2) is 47.3 Å². The molecule has 0 bridgehead atoms. The molecule has 6 heteroatoms. The van der Waals surface area contributed by atoms with Crippen LogP contribution < -0.4 is 5.56 Å². The first-order chi connectivity index (χ1) is 10.9. The summed E-state index contributed by atoms with van der Waals surface area (Å²) >= 11 is 6.01. The SMILES string of the molecule is Cn1c(C(=O)O)c(-c2ccc(F)cc2)c2cc(Cl)ccc2c1=O. The molecule has 0 radical (unpaired) electrons. The van der Waals surface area contributed by atoms with Crippen molar-refractivity contribution in [2.45, 2.75) is 0 Å². The highest BCUT2D eigenvalue weighted by Gasteiger charge is 2.21. The number of aromatic carboxylic acids is 1. The molecule has 1 heterocycles. The number of halogens is 2. The molecule has 0 aliphatic heterocycles. The van der Waals surface area contributed by atoms with Gasteiger partial charge in [-0.05, 0) is 41.3 Å². The van der Waals surface area contributed by atoms with Gasteiger partial charge in [-0.2, -0.15) is 0 Å². The van der Waals surface area contributed by atoms with Crippen molar-refractivity contribution in [2.24, 2.45) is 7.05 Å². The van der Waals surface area contributed by atoms with Gasteiger partial charge in [-0.3, -0.25) is 4.79 Å². The standard InChI is InChI=1S/C17H11ClFNO3/c1-20-15(17(22)23)14(9-2-5-11(19)6-3-9)13-8-10(18)4-7-12(13)16(20)21/h2-8H,1H3,(H,22,23). The van der Waals surface area contributed by atoms with E-state index in [4.69, 9.17) is 11.6 Å². The summed E-state index contributed by atoms with van der Waals surface area (Å²) in [4.78, 5) is 24.1. The van der Waals surface area contributed by atoms with Gasteiger partial charge in [-0.25, -0.2) is 9.18 Å². The molecule has 0 atom stereocenters. The van der Waals surface area contributed by atoms with Crippen molar-refractivity contribution in [1.82, 2.24) is 4.57 Å². The lowest BCUT2D eigenvalue weighted by Gasteiger charge is -2.15. The maximum atomic E-state index is 13.2. The third-order valence-electron chi connectivity index (χ3n) is 3.69. The van der Waals surface area contributed by atoms with E-state index in [1.54, 1.807) is 18.2 Å². The summed E-state index contributed by atoms with van der Waals surface area (Å²) in [5.41, 5.74) is 0.222. The first kappa shape index (κ1) is 15.2. The van der Waals surface area contributed by atoms with Gasteiger partial charge in [0.2, 0.25) is 0 Å². The first-order valence-electron chi connectivity index (χ1n) is 6.71. The highest BCUT2D eigenvalue weighted by molar-refractivity contribution is 6.31. The van der Waals surface area contributed by atoms with E-state index in [1.807, 2.05) is 0 Å². The molecule has 116 valence electrons. The van der Waals surface area contributed by atoms with E-state index < -0.39 is 17.3 Å². The molecule has 3 rings (SSSR count). The minimum atomic E-state index is -1.24. The van der Waals surface area contributed by atoms with Crippen LogP contribution in [-0.4, -0.2) is 15.6 Å². The zero-order valence-electron chi connectivity index (χ0n) is 12.0. The van der Waals surface area contributed by atoms with Gasteiger partial charge in [-0.15, -0.1) is 0 Å². The summed E-state index contributed by atoms with van der Waals surface area (Å²) in [5, 5.41) is 10.7. The number of carboxylic acids is 1. The maximum Gasteiger partial charge on any atom is 0.353 e. The molecule has 4 nitrogen and oxygen atoms in total. The number of benzene rings is 2. The van der Waals surface area contributed by atoms with E-state index in [9.17, 15) is 19.1 Å². The average molecular weight is 332 g/mol. The van der Waals surface area contributed by atoms with Crippen molar-refractivity contribution in [2.75, 3.05) is 0 Å². The van der Waals surface area contributed by atoms with Crippen molar-refractivity contribution >= 4 is 28.3 Å². The average Bonchev–Trinajstić information content (AvgIpc) is 2.51. The smallest absolute Gasteiger partial charge is 0.353 e. The Kier molecular flexibility index (Phi) is 3.66. The number of aromatic nitrogens is 1. The molecule has 23 heavy (non-hydrogen) atoms. The van der Waals surface area contributed by atoms with Gasteiger partial charge in [0.15, 0.2) is 0 Å². The fraction of sp³-hybridized carbons (Fsp3) is 0.0588. The molecule has 0 aliphatic carbocycles. The third kappa shape index (κ3) is 2.49. The Bertz CT molecular complexity index is 993. The van der Waals surface area contributed by atoms with Crippen LogP contribution in [-0.2, 0) is 7.05 Å². The summed E-state index contributed by atoms with van der Waals surface area (Å²) in [6.45, 7) is 0. The molecule has 1 N–H and O–H groups in total. The van der Waals surface area contributed by atoms with Gasteiger partial charge in [0, 0.05) is 23.0 Å². The number of hydrogen-bond acceptors (Lipinski definition) is 2. The number of carboxylic acid groups (broad SMARTS) is 1. The topological polar surface area (TPSA) is 59.3 Å². The van der Waals surface area contributed by atoms with Crippen molar-refractivity contribution in [3.63, 3.8) is 0 Å². The predicted octanol–water partition coefficient (Wildman–Crippen LogP) is 3.70. The minimum Gasteiger partial charge on any atom is -0.477 e. The monoisotopic (exact) mass is 331 g/mol. The zero-order valence-corrected chi connectivity index (χ0v) is 12.8. The number of pyridine rings is 1. The highest BCUT2D eigenvalue weighted by Crippen LogP contribution is 2.32. The van der Waals surface area contributed by atoms with Crippen LogP contribution in [0.3, 0.4) is 0 Å². The number of fused-ring (bicyclic) bond motifs is 1. The lowest BCUT2D eigenvalue weighted by atomic mass is 9.96. The predicted molar refractivity (Wildman–Crippen MR) is 86.6 cm³/mol. The molecule has 0 unspecified atom stereocenters. The van der Waals surface area contributed by atoms with E-state index in [1.165, 1.54) is 31.3 Å². The second kappa shape index (κ2) is 5.52. The second-order valence-corrected chi connectivity index (χ2v) is 5.53. The van der Waals surface area contributed by atoms with Crippen LogP contribution in [0.4, 0.5) is 4.39 Å². The van der Waals surface area contributed by atoms with Gasteiger partial charge in [-0.1, -0.05) is 23.7 Å². The van der Waals surface area contributed by atoms with Crippen LogP contribution >= 0.6 is 11.6 Å². The molecule has 0 saturated carbocycles. The Balaban J connectivity index is 2.55. The van der Waals surface area contributed by atoms with Crippen LogP contribution in [0.5, 0.6) is 0 Å². The number of carbonyl (C=O) groups is 1. The molecule has 0 amide bonds. The quantitative estimate of drug-likeness (QED) is 0.779. The van der Waals surface area contributed by atoms with E-state index >= 15 is 0 Å². The molecular formula is C17H11ClFNO3. The van der Waals surface area contributed by atoms with Crippen molar-refractivity contribution in [1.29, 1.82) is 0 Å². The van der Waals surface area contributed by atoms with Gasteiger partial charge in [0.1, 0.15) is 11.5 Å². The van der Waals surface area contributed by atoms with E-state index in [2.05, 4.69) is 0 Å². The molecule has 0 spiro atoms. The fourth-order valence-electron chi connectivity index (χ4n) is 2.65. The summed E-state index contributed by atoms with van der Waals surface area (Å²) in [6, 6.07) is 10.1. The second-order valence-electron chi connectivity index (χ2n) is 5.09. The Morgan fingerprint density at radius 1 is 1.13 bits per heavy atom. The third-order valence-corrected chi connectivity index (χ3v) is 3.93. The van der Waals surface area contributed by atoms with Crippen molar-refractivity contribution in [3.05, 3.63) is 69.4 Å². The molecule has 0 saturated heterocycles. The maximum absolute atomic E-state index is 13.2. The Hall–Kier alpha value is -2.66. The molecule has 0 fully saturated rings. The number of rotatable bonds is 2. The van der Waals surface area contributed by atoms with Crippen molar-refractivity contribution in [3.8, 4) is 11.1 Å². The molecular weight excluding hydrogens is 321 g/mol. The summed E-state index contributed by atoms with van der Waals surface area (Å²) in [5.74, 6) is -1.68. The molecule has 3 aromatic rings. The zero-order chi connectivity index (χ0) is 16.7. The summed E-state index contributed by atoms with van der Waals surface area (Å²) < 4.78 is 14.3. The van der Waals surface area contributed by atoms with Crippen LogP contribution in [0.2, 0.25) is 5.02 Å². The van der Waals surface area contributed by atoms with Crippen molar-refractivity contribution < 1.29 is 14.3 Å². The Morgan fingerprint density at radius 3 is 2.39 bits per heavy atom. The van der Waals surface area contributed by atoms with E-state index in [-0.39, 0.29) is 5.69 Å². The van der Waals surface area contributed by atoms with Crippen LogP contribution in [0.1, 0.15) is 10.5 Å². The highest BCUT2D eigenvalue weighted by atomic mass is 35.5. The van der Waals surface area contributed by atoms with Gasteiger partial charge < -0.3 is 9.67 Å². The first-order valence-corrected chi connectivity index (χ1v) is 7.09. The number of hydrogen-bond donors (Lipinski definition) is 1. The Labute approximate surface area is 135 Å². The molecule has 0 aliphatic rings. The largest absolute Gasteiger partial charge is 0.477 e. The minimum absolute atomic E-state index is 0.170. The fourth-order valence-corrected chi connectivity index (χ4v) is 2.82. The van der Waals surface area contributed by atoms with Crippen LogP contribution in [0.25, 0.3) is 21.9 Å². The Morgan fingerprint density at radius 2 is 1.78 bits per heavy atom. The van der Waals surface area contributed by atoms with Crippen LogP contribution in [0, 0.1) is 5.82 Å². The molecule has 2 aromatic carbocycles. The van der Waals surface area contributed by atoms with Gasteiger partial charge in [0.25, 0.3) is 5.56 Å². The van der Waals surface area contributed by atoms with Gasteiger partial charge >= 0.3 is 5.97 Å². The number of nitrogens with zero attached hydrogens (tertiary/aromatic N) is 1.